The number of amides is 1. The van der Waals surface area contributed by atoms with E-state index in [1.54, 1.807) is 7.05 Å². The molecule has 3 aliphatic carbocycles. The van der Waals surface area contributed by atoms with Crippen LogP contribution in [0.3, 0.4) is 0 Å². The van der Waals surface area contributed by atoms with Crippen LogP contribution in [0.1, 0.15) is 25.7 Å². The van der Waals surface area contributed by atoms with E-state index in [9.17, 15) is 20.1 Å². The van der Waals surface area contributed by atoms with E-state index in [-0.39, 0.29) is 0 Å². The molecule has 0 aromatic rings. The highest BCUT2D eigenvalue weighted by atomic mass is 16.4. The number of carbonyl (C=O) groups is 1. The van der Waals surface area contributed by atoms with Crippen molar-refractivity contribution in [3.8, 4) is 0 Å². The first kappa shape index (κ1) is 21.6. The summed E-state index contributed by atoms with van der Waals surface area (Å²) in [5.74, 6) is 0.189. The normalized spacial score (nSPS) is 26.5. The summed E-state index contributed by atoms with van der Waals surface area (Å²) in [5, 5.41) is 30.6. The van der Waals surface area contributed by atoms with Gasteiger partial charge >= 0.3 is 0 Å². The van der Waals surface area contributed by atoms with Crippen LogP contribution in [-0.2, 0) is 4.79 Å². The van der Waals surface area contributed by atoms with Gasteiger partial charge in [-0.3, -0.25) is 4.79 Å². The third kappa shape index (κ3) is 4.71. The van der Waals surface area contributed by atoms with Crippen molar-refractivity contribution in [1.29, 1.82) is 0 Å². The molecule has 29 heavy (non-hydrogen) atoms. The van der Waals surface area contributed by atoms with Crippen LogP contribution < -0.4 is 0 Å². The fraction of sp³-hybridized carbons (Fsp3) is 0.522. The van der Waals surface area contributed by atoms with Crippen LogP contribution in [-0.4, -0.2) is 70.6 Å². The van der Waals surface area contributed by atoms with Gasteiger partial charge in [0.2, 0.25) is 0 Å². The average Bonchev–Trinajstić information content (AvgIpc) is 2.76. The number of aliphatic hydroxyl groups excluding tert-OH is 3. The Bertz CT molecular complexity index is 778. The Morgan fingerprint density at radius 3 is 2.41 bits per heavy atom. The highest BCUT2D eigenvalue weighted by molar-refractivity contribution is 5.80. The van der Waals surface area contributed by atoms with Gasteiger partial charge in [0.1, 0.15) is 6.10 Å². The number of rotatable bonds is 6. The first-order valence-corrected chi connectivity index (χ1v) is 10.2. The lowest BCUT2D eigenvalue weighted by molar-refractivity contribution is -0.156. The van der Waals surface area contributed by atoms with Crippen molar-refractivity contribution >= 4 is 5.91 Å². The molecule has 3 rings (SSSR count). The maximum atomic E-state index is 11.8. The lowest BCUT2D eigenvalue weighted by atomic mass is 9.77. The number of hydrogen-bond donors (Lipinski definition) is 3. The van der Waals surface area contributed by atoms with Gasteiger partial charge in [0.15, 0.2) is 12.3 Å². The van der Waals surface area contributed by atoms with Crippen LogP contribution in [0, 0.1) is 11.8 Å². The Kier molecular flexibility index (Phi) is 6.77. The van der Waals surface area contributed by atoms with E-state index in [0.29, 0.717) is 11.8 Å². The van der Waals surface area contributed by atoms with Crippen LogP contribution in [0.4, 0.5) is 0 Å². The zero-order valence-corrected chi connectivity index (χ0v) is 17.4. The van der Waals surface area contributed by atoms with Crippen molar-refractivity contribution in [3.05, 3.63) is 59.4 Å². The van der Waals surface area contributed by atoms with Crippen molar-refractivity contribution in [3.63, 3.8) is 0 Å². The summed E-state index contributed by atoms with van der Waals surface area (Å²) in [6, 6.07) is 0. The van der Waals surface area contributed by atoms with Crippen LogP contribution in [0.2, 0.25) is 0 Å². The zero-order valence-electron chi connectivity index (χ0n) is 17.4. The van der Waals surface area contributed by atoms with Crippen LogP contribution in [0.5, 0.6) is 0 Å². The van der Waals surface area contributed by atoms with Gasteiger partial charge in [0.25, 0.3) is 5.91 Å². The molecule has 0 saturated carbocycles. The first-order valence-electron chi connectivity index (χ1n) is 10.2. The van der Waals surface area contributed by atoms with E-state index in [0.717, 1.165) is 31.4 Å². The molecule has 0 radical (unpaired) electrons. The second-order valence-corrected chi connectivity index (χ2v) is 8.30. The van der Waals surface area contributed by atoms with Gasteiger partial charge in [-0.15, -0.1) is 0 Å². The number of carbonyl (C=O) groups excluding carboxylic acids is 1. The Morgan fingerprint density at radius 2 is 1.76 bits per heavy atom. The number of allylic oxidation sites excluding steroid dienone is 9. The van der Waals surface area contributed by atoms with E-state index in [4.69, 9.17) is 0 Å². The SMILES string of the molecule is CN(C)C(=O)C(O)C(O)C(O)N(C)C1=CCC(C2C=CC3=C(C=CCC3)C2)C=C1. The molecule has 0 saturated heterocycles. The fourth-order valence-electron chi connectivity index (χ4n) is 4.14. The Hall–Kier alpha value is -2.15. The molecular formula is C23H32N2O4. The van der Waals surface area contributed by atoms with E-state index in [1.807, 2.05) is 12.2 Å². The van der Waals surface area contributed by atoms with E-state index >= 15 is 0 Å². The van der Waals surface area contributed by atoms with Crippen molar-refractivity contribution < 1.29 is 20.1 Å². The molecule has 6 heteroatoms. The van der Waals surface area contributed by atoms with Crippen molar-refractivity contribution in [2.24, 2.45) is 11.8 Å². The molecule has 0 fully saturated rings. The molecule has 3 aliphatic rings. The predicted octanol–water partition coefficient (Wildman–Crippen LogP) is 1.73. The van der Waals surface area contributed by atoms with Crippen molar-refractivity contribution in [2.45, 2.75) is 44.1 Å². The molecule has 5 unspecified atom stereocenters. The van der Waals surface area contributed by atoms with Gasteiger partial charge in [0.05, 0.1) is 0 Å². The first-order chi connectivity index (χ1) is 13.8. The summed E-state index contributed by atoms with van der Waals surface area (Å²) >= 11 is 0. The Morgan fingerprint density at radius 1 is 1.03 bits per heavy atom. The molecule has 5 atom stereocenters. The van der Waals surface area contributed by atoms with Crippen molar-refractivity contribution in [1.82, 2.24) is 9.80 Å². The molecule has 6 nitrogen and oxygen atoms in total. The monoisotopic (exact) mass is 400 g/mol. The lowest BCUT2D eigenvalue weighted by Gasteiger charge is -2.34. The summed E-state index contributed by atoms with van der Waals surface area (Å²) in [6.07, 6.45) is 14.7. The maximum Gasteiger partial charge on any atom is 0.253 e. The van der Waals surface area contributed by atoms with Crippen molar-refractivity contribution in [2.75, 3.05) is 21.1 Å². The minimum atomic E-state index is -1.68. The van der Waals surface area contributed by atoms with E-state index in [1.165, 1.54) is 35.0 Å². The molecular weight excluding hydrogens is 368 g/mol. The highest BCUT2D eigenvalue weighted by Gasteiger charge is 2.34. The highest BCUT2D eigenvalue weighted by Crippen LogP contribution is 2.37. The molecule has 0 bridgehead atoms. The molecule has 0 aromatic carbocycles. The topological polar surface area (TPSA) is 84.2 Å². The maximum absolute atomic E-state index is 11.8. The number of nitrogens with zero attached hydrogens (tertiary/aromatic N) is 2. The second kappa shape index (κ2) is 9.11. The van der Waals surface area contributed by atoms with Gasteiger partial charge in [-0.05, 0) is 54.7 Å². The summed E-state index contributed by atoms with van der Waals surface area (Å²) in [7, 11) is 4.62. The smallest absolute Gasteiger partial charge is 0.253 e. The largest absolute Gasteiger partial charge is 0.385 e. The third-order valence-electron chi connectivity index (χ3n) is 6.10. The molecule has 0 aliphatic heterocycles. The standard InChI is InChI=1S/C23H32N2O4/c1-24(2)22(28)20(26)21(27)23(29)25(3)19-12-10-16(11-13-19)18-9-8-15-6-4-5-7-17(15)14-18/h5,7-10,12-13,16,18,20-21,23,26-27,29H,4,6,11,14H2,1-3H3. The van der Waals surface area contributed by atoms with Crippen LogP contribution in [0.15, 0.2) is 59.4 Å². The number of hydrogen-bond acceptors (Lipinski definition) is 5. The summed E-state index contributed by atoms with van der Waals surface area (Å²) in [6.45, 7) is 0. The van der Waals surface area contributed by atoms with E-state index < -0.39 is 24.3 Å². The van der Waals surface area contributed by atoms with Crippen LogP contribution >= 0.6 is 0 Å². The molecule has 158 valence electrons. The molecule has 1 amide bonds. The summed E-state index contributed by atoms with van der Waals surface area (Å²) in [5.41, 5.74) is 3.67. The Labute approximate surface area is 172 Å². The van der Waals surface area contributed by atoms with Gasteiger partial charge < -0.3 is 25.1 Å². The van der Waals surface area contributed by atoms with Gasteiger partial charge in [-0.1, -0.05) is 36.5 Å². The quantitative estimate of drug-likeness (QED) is 0.592. The third-order valence-corrected chi connectivity index (χ3v) is 6.10. The van der Waals surface area contributed by atoms with Gasteiger partial charge in [-0.2, -0.15) is 0 Å². The summed E-state index contributed by atoms with van der Waals surface area (Å²) in [4.78, 5) is 14.5. The molecule has 3 N–H and O–H groups in total. The molecule has 0 spiro atoms. The van der Waals surface area contributed by atoms with Gasteiger partial charge in [-0.25, -0.2) is 0 Å². The Balaban J connectivity index is 1.59. The zero-order chi connectivity index (χ0) is 21.1. The number of likely N-dealkylation sites (N-methyl/N-ethyl adjacent to an activating group) is 2. The van der Waals surface area contributed by atoms with Gasteiger partial charge in [0, 0.05) is 26.8 Å². The van der Waals surface area contributed by atoms with E-state index in [2.05, 4.69) is 30.4 Å². The second-order valence-electron chi connectivity index (χ2n) is 8.30. The fourth-order valence-corrected chi connectivity index (χ4v) is 4.14. The average molecular weight is 401 g/mol. The van der Waals surface area contributed by atoms with Crippen LogP contribution in [0.25, 0.3) is 0 Å². The predicted molar refractivity (Wildman–Crippen MR) is 112 cm³/mol. The minimum absolute atomic E-state index is 0.385. The number of aliphatic hydroxyl groups is 3. The molecule has 0 aromatic heterocycles. The summed E-state index contributed by atoms with van der Waals surface area (Å²) < 4.78 is 0. The molecule has 0 heterocycles. The minimum Gasteiger partial charge on any atom is -0.385 e. The lowest BCUT2D eigenvalue weighted by Crippen LogP contribution is -2.51.